The molecule has 3 rings (SSSR count). The minimum Gasteiger partial charge on any atom is -0.292 e. The molecule has 2 aromatic rings. The average Bonchev–Trinajstić information content (AvgIpc) is 2.90. The fourth-order valence-corrected chi connectivity index (χ4v) is 2.39. The van der Waals surface area contributed by atoms with E-state index in [9.17, 15) is 10.1 Å². The number of nitro groups is 1. The van der Waals surface area contributed by atoms with Crippen molar-refractivity contribution in [1.82, 2.24) is 19.5 Å². The fraction of sp³-hybridized carbons (Fsp3) is 0.364. The first-order valence-corrected chi connectivity index (χ1v) is 6.24. The van der Waals surface area contributed by atoms with Gasteiger partial charge in [0.2, 0.25) is 11.8 Å². The Bertz CT molecular complexity index is 667. The van der Waals surface area contributed by atoms with Crippen molar-refractivity contribution in [3.8, 4) is 5.82 Å². The maximum atomic E-state index is 11.1. The molecule has 0 unspecified atom stereocenters. The number of imidazole rings is 1. The number of hydrazine groups is 1. The second-order valence-electron chi connectivity index (χ2n) is 4.52. The van der Waals surface area contributed by atoms with E-state index in [0.29, 0.717) is 0 Å². The number of rotatable bonds is 3. The number of aryl methyl sites for hydroxylation is 1. The summed E-state index contributed by atoms with van der Waals surface area (Å²) in [6, 6.07) is 0. The van der Waals surface area contributed by atoms with Crippen molar-refractivity contribution < 1.29 is 4.92 Å². The lowest BCUT2D eigenvalue weighted by Crippen LogP contribution is -2.14. The molecule has 0 saturated carbocycles. The molecule has 9 heteroatoms. The number of nitrogen functional groups attached to an aromatic ring is 1. The van der Waals surface area contributed by atoms with E-state index in [2.05, 4.69) is 20.4 Å². The average molecular weight is 275 g/mol. The highest BCUT2D eigenvalue weighted by Gasteiger charge is 2.24. The summed E-state index contributed by atoms with van der Waals surface area (Å²) in [5.41, 5.74) is 4.08. The molecule has 1 aliphatic carbocycles. The number of hydrogen-bond acceptors (Lipinski definition) is 7. The lowest BCUT2D eigenvalue weighted by molar-refractivity contribution is -0.385. The highest BCUT2D eigenvalue weighted by atomic mass is 16.6. The molecule has 0 radical (unpaired) electrons. The number of anilines is 1. The molecule has 104 valence electrons. The maximum Gasteiger partial charge on any atom is 0.330 e. The Balaban J connectivity index is 2.17. The van der Waals surface area contributed by atoms with Crippen LogP contribution in [0.3, 0.4) is 0 Å². The molecular formula is C11H13N7O2. The molecule has 9 nitrogen and oxygen atoms in total. The van der Waals surface area contributed by atoms with Gasteiger partial charge in [-0.2, -0.15) is 4.98 Å². The topological polar surface area (TPSA) is 125 Å². The first-order chi connectivity index (χ1) is 9.70. The number of nitrogens with one attached hydrogen (secondary N) is 1. The zero-order chi connectivity index (χ0) is 14.1. The molecule has 0 atom stereocenters. The molecule has 0 aliphatic heterocycles. The van der Waals surface area contributed by atoms with Crippen LogP contribution in [-0.4, -0.2) is 24.4 Å². The summed E-state index contributed by atoms with van der Waals surface area (Å²) in [5.74, 6) is 5.58. The zero-order valence-corrected chi connectivity index (χ0v) is 10.6. The van der Waals surface area contributed by atoms with Gasteiger partial charge in [0, 0.05) is 5.69 Å². The maximum absolute atomic E-state index is 11.1. The van der Waals surface area contributed by atoms with Crippen molar-refractivity contribution in [3.63, 3.8) is 0 Å². The van der Waals surface area contributed by atoms with Gasteiger partial charge < -0.3 is 0 Å². The molecule has 1 aliphatic rings. The largest absolute Gasteiger partial charge is 0.330 e. The normalized spacial score (nSPS) is 13.8. The van der Waals surface area contributed by atoms with Crippen LogP contribution in [0.25, 0.3) is 5.82 Å². The van der Waals surface area contributed by atoms with Crippen LogP contribution in [0.4, 0.5) is 11.6 Å². The highest BCUT2D eigenvalue weighted by molar-refractivity contribution is 5.50. The van der Waals surface area contributed by atoms with E-state index >= 15 is 0 Å². The Labute approximate surface area is 114 Å². The third-order valence-corrected chi connectivity index (χ3v) is 3.33. The third-order valence-electron chi connectivity index (χ3n) is 3.33. The van der Waals surface area contributed by atoms with Crippen LogP contribution in [0, 0.1) is 10.1 Å². The lowest BCUT2D eigenvalue weighted by Gasteiger charge is -2.13. The predicted octanol–water partition coefficient (Wildman–Crippen LogP) is 0.735. The van der Waals surface area contributed by atoms with Gasteiger partial charge in [0.1, 0.15) is 12.5 Å². The molecule has 0 amide bonds. The van der Waals surface area contributed by atoms with Crippen LogP contribution in [0.5, 0.6) is 0 Å². The van der Waals surface area contributed by atoms with Crippen LogP contribution >= 0.6 is 0 Å². The lowest BCUT2D eigenvalue weighted by atomic mass is 10.0. The van der Waals surface area contributed by atoms with E-state index in [1.54, 1.807) is 10.9 Å². The van der Waals surface area contributed by atoms with Gasteiger partial charge >= 0.3 is 5.69 Å². The van der Waals surface area contributed by atoms with Crippen LogP contribution in [-0.2, 0) is 12.8 Å². The van der Waals surface area contributed by atoms with E-state index in [0.717, 1.165) is 43.3 Å². The summed E-state index contributed by atoms with van der Waals surface area (Å²) in [4.78, 5) is 22.8. The number of nitrogens with zero attached hydrogens (tertiary/aromatic N) is 5. The van der Waals surface area contributed by atoms with Crippen LogP contribution < -0.4 is 11.3 Å². The van der Waals surface area contributed by atoms with Crippen molar-refractivity contribution in [2.45, 2.75) is 25.7 Å². The van der Waals surface area contributed by atoms with E-state index in [1.807, 2.05) is 0 Å². The molecule has 20 heavy (non-hydrogen) atoms. The number of hydrogen-bond donors (Lipinski definition) is 2. The number of fused-ring (bicyclic) bond motifs is 1. The van der Waals surface area contributed by atoms with Crippen molar-refractivity contribution in [3.05, 3.63) is 34.0 Å². The van der Waals surface area contributed by atoms with E-state index < -0.39 is 4.92 Å². The van der Waals surface area contributed by atoms with Gasteiger partial charge in [0.15, 0.2) is 0 Å². The molecule has 0 bridgehead atoms. The summed E-state index contributed by atoms with van der Waals surface area (Å²) >= 11 is 0. The van der Waals surface area contributed by atoms with Gasteiger partial charge in [0.25, 0.3) is 0 Å². The number of nitrogens with two attached hydrogens (primary N) is 1. The summed E-state index contributed by atoms with van der Waals surface area (Å²) < 4.78 is 1.66. The smallest absolute Gasteiger partial charge is 0.292 e. The van der Waals surface area contributed by atoms with Gasteiger partial charge in [0.05, 0.1) is 10.6 Å². The van der Waals surface area contributed by atoms with E-state index in [-0.39, 0.29) is 17.5 Å². The second-order valence-corrected chi connectivity index (χ2v) is 4.52. The van der Waals surface area contributed by atoms with Gasteiger partial charge in [-0.1, -0.05) is 0 Å². The Morgan fingerprint density at radius 2 is 2.15 bits per heavy atom. The van der Waals surface area contributed by atoms with Gasteiger partial charge in [-0.15, -0.1) is 0 Å². The Hall–Kier alpha value is -2.55. The molecule has 2 aromatic heterocycles. The minimum atomic E-state index is -0.509. The van der Waals surface area contributed by atoms with Crippen molar-refractivity contribution in [2.24, 2.45) is 5.84 Å². The van der Waals surface area contributed by atoms with E-state index in [1.165, 1.54) is 0 Å². The monoisotopic (exact) mass is 275 g/mol. The fourth-order valence-electron chi connectivity index (χ4n) is 2.39. The summed E-state index contributed by atoms with van der Waals surface area (Å²) in [6.45, 7) is 0. The first kappa shape index (κ1) is 12.5. The van der Waals surface area contributed by atoms with Crippen molar-refractivity contribution >= 4 is 11.6 Å². The van der Waals surface area contributed by atoms with Crippen molar-refractivity contribution in [1.29, 1.82) is 0 Å². The van der Waals surface area contributed by atoms with Gasteiger partial charge in [-0.05, 0) is 25.7 Å². The van der Waals surface area contributed by atoms with Crippen LogP contribution in [0.2, 0.25) is 0 Å². The molecule has 0 fully saturated rings. The Kier molecular flexibility index (Phi) is 3.03. The van der Waals surface area contributed by atoms with Crippen molar-refractivity contribution in [2.75, 3.05) is 5.43 Å². The third kappa shape index (κ3) is 1.97. The minimum absolute atomic E-state index is 0.129. The molecule has 3 N–H and O–H groups in total. The quantitative estimate of drug-likeness (QED) is 0.480. The van der Waals surface area contributed by atoms with Crippen LogP contribution in [0.1, 0.15) is 24.2 Å². The predicted molar refractivity (Wildman–Crippen MR) is 70.3 cm³/mol. The summed E-state index contributed by atoms with van der Waals surface area (Å²) in [6.07, 6.45) is 6.58. The molecule has 0 saturated heterocycles. The van der Waals surface area contributed by atoms with E-state index in [4.69, 9.17) is 5.84 Å². The first-order valence-electron chi connectivity index (χ1n) is 6.24. The molecule has 0 aromatic carbocycles. The summed E-state index contributed by atoms with van der Waals surface area (Å²) in [7, 11) is 0. The molecule has 0 spiro atoms. The highest BCUT2D eigenvalue weighted by Crippen LogP contribution is 2.27. The number of aromatic nitrogens is 4. The Morgan fingerprint density at radius 3 is 2.90 bits per heavy atom. The van der Waals surface area contributed by atoms with Gasteiger partial charge in [-0.3, -0.25) is 20.1 Å². The van der Waals surface area contributed by atoms with Crippen LogP contribution in [0.15, 0.2) is 12.5 Å². The molecule has 2 heterocycles. The van der Waals surface area contributed by atoms with Gasteiger partial charge in [-0.25, -0.2) is 15.8 Å². The molecular weight excluding hydrogens is 262 g/mol. The Morgan fingerprint density at radius 1 is 1.35 bits per heavy atom. The zero-order valence-electron chi connectivity index (χ0n) is 10.6. The summed E-state index contributed by atoms with van der Waals surface area (Å²) in [5, 5.41) is 11.1. The standard InChI is InChI=1S/C11H13N7O2/c12-16-11-13-5-9(18(19)20)10(15-11)17-6-14-7-3-1-2-4-8(7)17/h5-6H,1-4,12H2,(H,13,15,16). The SMILES string of the molecule is NNc1ncc([N+](=O)[O-])c(-n2cnc3c2CCCC3)n1. The second kappa shape index (κ2) is 4.85.